The van der Waals surface area contributed by atoms with E-state index in [9.17, 15) is 9.59 Å². The zero-order chi connectivity index (χ0) is 16.7. The van der Waals surface area contributed by atoms with E-state index < -0.39 is 0 Å². The number of carbonyl (C=O) groups excluding carboxylic acids is 2. The highest BCUT2D eigenvalue weighted by Crippen LogP contribution is 2.09. The van der Waals surface area contributed by atoms with Crippen molar-refractivity contribution in [3.63, 3.8) is 0 Å². The lowest BCUT2D eigenvalue weighted by Crippen LogP contribution is -2.44. The first kappa shape index (κ1) is 17.3. The van der Waals surface area contributed by atoms with Gasteiger partial charge in [0.25, 0.3) is 0 Å². The molecule has 3 N–H and O–H groups in total. The second-order valence-corrected chi connectivity index (χ2v) is 6.04. The van der Waals surface area contributed by atoms with Crippen molar-refractivity contribution < 1.29 is 9.59 Å². The molecule has 0 aromatic heterocycles. The third kappa shape index (κ3) is 5.56. The summed E-state index contributed by atoms with van der Waals surface area (Å²) in [5, 5.41) is 2.80. The van der Waals surface area contributed by atoms with E-state index in [0.29, 0.717) is 19.5 Å². The first-order chi connectivity index (χ1) is 11.1. The molecule has 1 fully saturated rings. The third-order valence-electron chi connectivity index (χ3n) is 4.12. The number of rotatable bonds is 5. The summed E-state index contributed by atoms with van der Waals surface area (Å²) >= 11 is 0. The van der Waals surface area contributed by atoms with Gasteiger partial charge in [-0.25, -0.2) is 4.79 Å². The maximum absolute atomic E-state index is 12.1. The molecule has 2 rings (SSSR count). The number of piperidine rings is 1. The second-order valence-electron chi connectivity index (χ2n) is 6.04. The molecule has 0 aliphatic carbocycles. The van der Waals surface area contributed by atoms with E-state index in [0.717, 1.165) is 31.5 Å². The van der Waals surface area contributed by atoms with Crippen LogP contribution in [0.4, 0.5) is 4.79 Å². The van der Waals surface area contributed by atoms with Gasteiger partial charge in [0.15, 0.2) is 0 Å². The molecule has 0 radical (unpaired) electrons. The van der Waals surface area contributed by atoms with E-state index in [4.69, 9.17) is 5.73 Å². The lowest BCUT2D eigenvalue weighted by molar-refractivity contribution is -0.132. The Morgan fingerprint density at radius 2 is 1.91 bits per heavy atom. The fourth-order valence-corrected chi connectivity index (χ4v) is 2.65. The van der Waals surface area contributed by atoms with Crippen LogP contribution >= 0.6 is 0 Å². The van der Waals surface area contributed by atoms with Crippen LogP contribution in [0.5, 0.6) is 0 Å². The van der Waals surface area contributed by atoms with Crippen molar-refractivity contribution in [3.8, 4) is 0 Å². The summed E-state index contributed by atoms with van der Waals surface area (Å²) in [5.74, 6) is 0.0860. The highest BCUT2D eigenvalue weighted by atomic mass is 16.2. The van der Waals surface area contributed by atoms with Gasteiger partial charge >= 0.3 is 6.03 Å². The van der Waals surface area contributed by atoms with Gasteiger partial charge < -0.3 is 20.9 Å². The maximum atomic E-state index is 12.1. The van der Waals surface area contributed by atoms with Crippen LogP contribution in [0.3, 0.4) is 0 Å². The summed E-state index contributed by atoms with van der Waals surface area (Å²) in [7, 11) is 1.75. The predicted molar refractivity (Wildman–Crippen MR) is 89.7 cm³/mol. The zero-order valence-corrected chi connectivity index (χ0v) is 13.7. The number of carbonyl (C=O) groups is 2. The fourth-order valence-electron chi connectivity index (χ4n) is 2.65. The molecule has 1 aliphatic heterocycles. The molecule has 6 heteroatoms. The molecule has 6 nitrogen and oxygen atoms in total. The zero-order valence-electron chi connectivity index (χ0n) is 13.7. The molecule has 23 heavy (non-hydrogen) atoms. The van der Waals surface area contributed by atoms with Gasteiger partial charge in [-0.2, -0.15) is 0 Å². The van der Waals surface area contributed by atoms with Crippen molar-refractivity contribution in [3.05, 3.63) is 35.9 Å². The van der Waals surface area contributed by atoms with Crippen LogP contribution < -0.4 is 11.1 Å². The second kappa shape index (κ2) is 8.53. The van der Waals surface area contributed by atoms with Gasteiger partial charge in [-0.3, -0.25) is 4.79 Å². The van der Waals surface area contributed by atoms with E-state index in [1.165, 1.54) is 0 Å². The summed E-state index contributed by atoms with van der Waals surface area (Å²) in [5.41, 5.74) is 6.91. The highest BCUT2D eigenvalue weighted by Gasteiger charge is 2.20. The molecule has 1 aromatic rings. The molecule has 126 valence electrons. The summed E-state index contributed by atoms with van der Waals surface area (Å²) in [4.78, 5) is 27.5. The summed E-state index contributed by atoms with van der Waals surface area (Å²) in [6.07, 6.45) is 2.05. The van der Waals surface area contributed by atoms with E-state index in [-0.39, 0.29) is 18.0 Å². The molecule has 1 aromatic carbocycles. The Morgan fingerprint density at radius 1 is 1.26 bits per heavy atom. The van der Waals surface area contributed by atoms with Crippen LogP contribution in [-0.4, -0.2) is 54.5 Å². The van der Waals surface area contributed by atoms with Crippen LogP contribution in [0.1, 0.15) is 24.8 Å². The van der Waals surface area contributed by atoms with E-state index >= 15 is 0 Å². The fraction of sp³-hybridized carbons (Fsp3) is 0.529. The number of nitrogens with zero attached hydrogens (tertiary/aromatic N) is 2. The normalized spacial score (nSPS) is 15.3. The number of benzene rings is 1. The quantitative estimate of drug-likeness (QED) is 0.855. The molecular weight excluding hydrogens is 292 g/mol. The molecule has 3 amide bonds. The molecule has 0 bridgehead atoms. The Kier molecular flexibility index (Phi) is 6.40. The van der Waals surface area contributed by atoms with E-state index in [1.807, 2.05) is 35.2 Å². The SMILES string of the molecule is CN(Cc1ccccc1)C(=O)NCCC(=O)N1CCC(N)CC1. The monoisotopic (exact) mass is 318 g/mol. The Labute approximate surface area is 137 Å². The topological polar surface area (TPSA) is 78.7 Å². The molecule has 0 saturated carbocycles. The first-order valence-electron chi connectivity index (χ1n) is 8.12. The molecule has 0 atom stereocenters. The first-order valence-corrected chi connectivity index (χ1v) is 8.12. The lowest BCUT2D eigenvalue weighted by atomic mass is 10.1. The van der Waals surface area contributed by atoms with Gasteiger partial charge in [-0.15, -0.1) is 0 Å². The van der Waals surface area contributed by atoms with Crippen LogP contribution in [0.25, 0.3) is 0 Å². The Hall–Kier alpha value is -2.08. The number of hydrogen-bond acceptors (Lipinski definition) is 3. The summed E-state index contributed by atoms with van der Waals surface area (Å²) < 4.78 is 0. The number of likely N-dealkylation sites (tertiary alicyclic amines) is 1. The number of nitrogens with two attached hydrogens (primary N) is 1. The van der Waals surface area contributed by atoms with Crippen LogP contribution in [-0.2, 0) is 11.3 Å². The van der Waals surface area contributed by atoms with Crippen LogP contribution in [0.2, 0.25) is 0 Å². The van der Waals surface area contributed by atoms with Gasteiger partial charge in [-0.05, 0) is 18.4 Å². The smallest absolute Gasteiger partial charge is 0.317 e. The lowest BCUT2D eigenvalue weighted by Gasteiger charge is -2.30. The maximum Gasteiger partial charge on any atom is 0.317 e. The largest absolute Gasteiger partial charge is 0.343 e. The molecule has 0 spiro atoms. The Balaban J connectivity index is 1.67. The Bertz CT molecular complexity index is 513. The average molecular weight is 318 g/mol. The van der Waals surface area contributed by atoms with Gasteiger partial charge in [0.05, 0.1) is 0 Å². The van der Waals surface area contributed by atoms with Crippen molar-refractivity contribution in [1.29, 1.82) is 0 Å². The summed E-state index contributed by atoms with van der Waals surface area (Å²) in [6, 6.07) is 9.85. The van der Waals surface area contributed by atoms with Crippen LogP contribution in [0.15, 0.2) is 30.3 Å². The summed E-state index contributed by atoms with van der Waals surface area (Å²) in [6.45, 7) is 2.35. The highest BCUT2D eigenvalue weighted by molar-refractivity contribution is 5.78. The van der Waals surface area contributed by atoms with Crippen molar-refractivity contribution in [2.75, 3.05) is 26.7 Å². The number of amides is 3. The van der Waals surface area contributed by atoms with Crippen LogP contribution in [0, 0.1) is 0 Å². The molecule has 0 unspecified atom stereocenters. The minimum absolute atomic E-state index is 0.0860. The molecule has 1 saturated heterocycles. The van der Waals surface area contributed by atoms with Gasteiger partial charge in [0, 0.05) is 45.7 Å². The standard InChI is InChI=1S/C17H26N4O2/c1-20(13-14-5-3-2-4-6-14)17(23)19-10-7-16(22)21-11-8-15(18)9-12-21/h2-6,15H,7-13,18H2,1H3,(H,19,23). The van der Waals surface area contributed by atoms with Gasteiger partial charge in [0.2, 0.25) is 5.91 Å². The van der Waals surface area contributed by atoms with Crippen molar-refractivity contribution in [2.24, 2.45) is 5.73 Å². The van der Waals surface area contributed by atoms with E-state index in [2.05, 4.69) is 5.32 Å². The number of hydrogen-bond donors (Lipinski definition) is 2. The van der Waals surface area contributed by atoms with E-state index in [1.54, 1.807) is 11.9 Å². The molecule has 1 heterocycles. The van der Waals surface area contributed by atoms with Crippen molar-refractivity contribution in [2.45, 2.75) is 31.8 Å². The van der Waals surface area contributed by atoms with Gasteiger partial charge in [0.1, 0.15) is 0 Å². The Morgan fingerprint density at radius 3 is 2.57 bits per heavy atom. The number of urea groups is 1. The van der Waals surface area contributed by atoms with Crippen molar-refractivity contribution >= 4 is 11.9 Å². The predicted octanol–water partition coefficient (Wildman–Crippen LogP) is 1.17. The van der Waals surface area contributed by atoms with Gasteiger partial charge in [-0.1, -0.05) is 30.3 Å². The van der Waals surface area contributed by atoms with Crippen molar-refractivity contribution in [1.82, 2.24) is 15.1 Å². The molecule has 1 aliphatic rings. The molecular formula is C17H26N4O2. The number of nitrogens with one attached hydrogen (secondary N) is 1. The minimum Gasteiger partial charge on any atom is -0.343 e. The minimum atomic E-state index is -0.165. The third-order valence-corrected chi connectivity index (χ3v) is 4.12. The average Bonchev–Trinajstić information content (AvgIpc) is 2.56.